The minimum atomic E-state index is -0.0300. The van der Waals surface area contributed by atoms with Gasteiger partial charge in [-0.25, -0.2) is 0 Å². The number of ketones is 1. The number of thioether (sulfide) groups is 1. The van der Waals surface area contributed by atoms with Crippen molar-refractivity contribution in [3.05, 3.63) is 65.7 Å². The van der Waals surface area contributed by atoms with Crippen LogP contribution in [0, 0.1) is 5.92 Å². The molecule has 4 nitrogen and oxygen atoms in total. The van der Waals surface area contributed by atoms with Crippen molar-refractivity contribution >= 4 is 30.0 Å². The number of ether oxygens (including phenoxy) is 1. The average Bonchev–Trinajstić information content (AvgIpc) is 2.66. The number of benzene rings is 2. The van der Waals surface area contributed by atoms with Crippen LogP contribution in [0.4, 0.5) is 0 Å². The molecule has 1 atom stereocenters. The lowest BCUT2D eigenvalue weighted by Crippen LogP contribution is -2.30. The quantitative estimate of drug-likeness (QED) is 0.453. The number of carbonyl (C=O) groups is 1. The number of halogens is 1. The van der Waals surface area contributed by atoms with Crippen molar-refractivity contribution in [2.75, 3.05) is 38.7 Å². The fourth-order valence-corrected chi connectivity index (χ4v) is 3.53. The van der Waals surface area contributed by atoms with Gasteiger partial charge in [-0.05, 0) is 43.9 Å². The summed E-state index contributed by atoms with van der Waals surface area (Å²) in [6.07, 6.45) is 0. The predicted octanol–water partition coefficient (Wildman–Crippen LogP) is 3.74. The van der Waals surface area contributed by atoms with Gasteiger partial charge < -0.3 is 15.4 Å². The third kappa shape index (κ3) is 8.35. The molecule has 0 aliphatic rings. The van der Waals surface area contributed by atoms with E-state index in [0.29, 0.717) is 13.2 Å². The second-order valence-corrected chi connectivity index (χ2v) is 7.64. The SMILES string of the molecule is CN(C)CC(CSCCN)C(=O)c1ccc(OCc2ccccc2)cc1.Cl. The highest BCUT2D eigenvalue weighted by molar-refractivity contribution is 7.99. The monoisotopic (exact) mass is 408 g/mol. The first-order chi connectivity index (χ1) is 12.6. The van der Waals surface area contributed by atoms with Crippen LogP contribution in [0.25, 0.3) is 0 Å². The molecule has 0 aliphatic heterocycles. The molecule has 2 aromatic rings. The van der Waals surface area contributed by atoms with Crippen LogP contribution in [0.3, 0.4) is 0 Å². The normalized spacial score (nSPS) is 11.7. The molecule has 0 aliphatic carbocycles. The maximum absolute atomic E-state index is 12.9. The lowest BCUT2D eigenvalue weighted by atomic mass is 9.99. The zero-order valence-corrected chi connectivity index (χ0v) is 17.6. The van der Waals surface area contributed by atoms with Crippen molar-refractivity contribution in [1.29, 1.82) is 0 Å². The van der Waals surface area contributed by atoms with Crippen molar-refractivity contribution in [2.45, 2.75) is 6.61 Å². The van der Waals surface area contributed by atoms with Crippen LogP contribution in [0.2, 0.25) is 0 Å². The van der Waals surface area contributed by atoms with Gasteiger partial charge in [0.25, 0.3) is 0 Å². The molecule has 0 aromatic heterocycles. The Morgan fingerprint density at radius 1 is 1.11 bits per heavy atom. The summed E-state index contributed by atoms with van der Waals surface area (Å²) >= 11 is 1.74. The Morgan fingerprint density at radius 2 is 1.78 bits per heavy atom. The maximum Gasteiger partial charge on any atom is 0.168 e. The lowest BCUT2D eigenvalue weighted by Gasteiger charge is -2.20. The van der Waals surface area contributed by atoms with Gasteiger partial charge >= 0.3 is 0 Å². The second kappa shape index (κ2) is 12.8. The molecular weight excluding hydrogens is 380 g/mol. The molecule has 0 saturated heterocycles. The smallest absolute Gasteiger partial charge is 0.168 e. The van der Waals surface area contributed by atoms with Crippen molar-refractivity contribution in [2.24, 2.45) is 11.7 Å². The molecule has 0 heterocycles. The van der Waals surface area contributed by atoms with E-state index < -0.39 is 0 Å². The van der Waals surface area contributed by atoms with Gasteiger partial charge in [-0.3, -0.25) is 4.79 Å². The third-order valence-electron chi connectivity index (χ3n) is 3.92. The first-order valence-electron chi connectivity index (χ1n) is 8.83. The largest absolute Gasteiger partial charge is 0.489 e. The molecule has 0 spiro atoms. The van der Waals surface area contributed by atoms with E-state index in [1.807, 2.05) is 68.7 Å². The summed E-state index contributed by atoms with van der Waals surface area (Å²) in [5, 5.41) is 0. The van der Waals surface area contributed by atoms with Gasteiger partial charge in [0.2, 0.25) is 0 Å². The standard InChI is InChI=1S/C21H28N2O2S.ClH/c1-23(2)14-19(16-26-13-12-22)21(24)18-8-10-20(11-9-18)25-15-17-6-4-3-5-7-17;/h3-11,19H,12-16,22H2,1-2H3;1H. The molecule has 148 valence electrons. The zero-order chi connectivity index (χ0) is 18.8. The van der Waals surface area contributed by atoms with Crippen LogP contribution in [-0.2, 0) is 6.61 Å². The molecule has 6 heteroatoms. The van der Waals surface area contributed by atoms with E-state index in [4.69, 9.17) is 10.5 Å². The summed E-state index contributed by atoms with van der Waals surface area (Å²) in [5.74, 6) is 2.59. The molecule has 2 aromatic carbocycles. The number of nitrogens with two attached hydrogens (primary N) is 1. The van der Waals surface area contributed by atoms with E-state index in [0.717, 1.165) is 34.9 Å². The van der Waals surface area contributed by atoms with Crippen molar-refractivity contribution in [3.63, 3.8) is 0 Å². The molecule has 2 rings (SSSR count). The Kier molecular flexibility index (Phi) is 11.1. The Bertz CT molecular complexity index is 666. The van der Waals surface area contributed by atoms with Crippen LogP contribution >= 0.6 is 24.2 Å². The lowest BCUT2D eigenvalue weighted by molar-refractivity contribution is 0.0913. The van der Waals surface area contributed by atoms with Crippen LogP contribution in [0.5, 0.6) is 5.75 Å². The predicted molar refractivity (Wildman–Crippen MR) is 117 cm³/mol. The maximum atomic E-state index is 12.9. The molecule has 2 N–H and O–H groups in total. The van der Waals surface area contributed by atoms with E-state index in [1.165, 1.54) is 0 Å². The van der Waals surface area contributed by atoms with Crippen molar-refractivity contribution in [1.82, 2.24) is 4.90 Å². The fourth-order valence-electron chi connectivity index (χ4n) is 2.65. The van der Waals surface area contributed by atoms with E-state index in [-0.39, 0.29) is 24.1 Å². The average molecular weight is 409 g/mol. The van der Waals surface area contributed by atoms with E-state index in [2.05, 4.69) is 4.90 Å². The highest BCUT2D eigenvalue weighted by atomic mass is 35.5. The topological polar surface area (TPSA) is 55.6 Å². The first-order valence-corrected chi connectivity index (χ1v) is 9.99. The number of hydrogen-bond donors (Lipinski definition) is 1. The highest BCUT2D eigenvalue weighted by Gasteiger charge is 2.21. The summed E-state index contributed by atoms with van der Waals surface area (Å²) in [6, 6.07) is 17.5. The summed E-state index contributed by atoms with van der Waals surface area (Å²) < 4.78 is 5.79. The van der Waals surface area contributed by atoms with Crippen molar-refractivity contribution in [3.8, 4) is 5.75 Å². The first kappa shape index (κ1) is 23.5. The third-order valence-corrected chi connectivity index (χ3v) is 5.09. The Morgan fingerprint density at radius 3 is 2.37 bits per heavy atom. The van der Waals surface area contributed by atoms with Gasteiger partial charge in [0.15, 0.2) is 5.78 Å². The molecule has 0 amide bonds. The molecule has 0 fully saturated rings. The van der Waals surface area contributed by atoms with Crippen molar-refractivity contribution < 1.29 is 9.53 Å². The van der Waals surface area contributed by atoms with Crippen LogP contribution < -0.4 is 10.5 Å². The highest BCUT2D eigenvalue weighted by Crippen LogP contribution is 2.19. The van der Waals surface area contributed by atoms with Gasteiger partial charge in [-0.2, -0.15) is 11.8 Å². The van der Waals surface area contributed by atoms with Crippen LogP contribution in [0.15, 0.2) is 54.6 Å². The Balaban J connectivity index is 0.00000364. The summed E-state index contributed by atoms with van der Waals surface area (Å²) in [5.41, 5.74) is 7.41. The van der Waals surface area contributed by atoms with E-state index in [1.54, 1.807) is 11.8 Å². The molecule has 0 radical (unpaired) electrons. The van der Waals surface area contributed by atoms with Gasteiger partial charge in [-0.1, -0.05) is 30.3 Å². The zero-order valence-electron chi connectivity index (χ0n) is 16.0. The van der Waals surface area contributed by atoms with Gasteiger partial charge in [0.1, 0.15) is 12.4 Å². The summed E-state index contributed by atoms with van der Waals surface area (Å²) in [6.45, 7) is 1.90. The second-order valence-electron chi connectivity index (χ2n) is 6.49. The molecule has 0 saturated carbocycles. The number of Topliss-reactive ketones (excluding diaryl/α,β-unsaturated/α-hetero) is 1. The Labute approximate surface area is 172 Å². The summed E-state index contributed by atoms with van der Waals surface area (Å²) in [4.78, 5) is 14.9. The molecule has 27 heavy (non-hydrogen) atoms. The molecule has 1 unspecified atom stereocenters. The molecule has 0 bridgehead atoms. The Hall–Kier alpha value is -1.53. The molecular formula is C21H29ClN2O2S. The van der Waals surface area contributed by atoms with E-state index >= 15 is 0 Å². The van der Waals surface area contributed by atoms with Gasteiger partial charge in [0.05, 0.1) is 0 Å². The fraction of sp³-hybridized carbons (Fsp3) is 0.381. The number of nitrogens with zero attached hydrogens (tertiary/aromatic N) is 1. The summed E-state index contributed by atoms with van der Waals surface area (Å²) in [7, 11) is 3.99. The van der Waals surface area contributed by atoms with Crippen LogP contribution in [0.1, 0.15) is 15.9 Å². The van der Waals surface area contributed by atoms with E-state index in [9.17, 15) is 4.79 Å². The number of rotatable bonds is 11. The van der Waals surface area contributed by atoms with Gasteiger partial charge in [0, 0.05) is 36.1 Å². The van der Waals surface area contributed by atoms with Crippen LogP contribution in [-0.4, -0.2) is 49.4 Å². The number of carbonyl (C=O) groups excluding carboxylic acids is 1. The van der Waals surface area contributed by atoms with Gasteiger partial charge in [-0.15, -0.1) is 12.4 Å². The minimum Gasteiger partial charge on any atom is -0.489 e. The number of hydrogen-bond acceptors (Lipinski definition) is 5. The minimum absolute atomic E-state index is 0.